The molecule has 0 saturated carbocycles. The number of carbonyl (C=O) groups is 2. The third kappa shape index (κ3) is 3.85. The lowest BCUT2D eigenvalue weighted by molar-refractivity contribution is -0.124. The summed E-state index contributed by atoms with van der Waals surface area (Å²) in [5.41, 5.74) is -0.439. The topological polar surface area (TPSA) is 63.6 Å². The van der Waals surface area contributed by atoms with E-state index in [1.54, 1.807) is 24.3 Å². The minimum atomic E-state index is -0.497. The molecule has 0 heterocycles. The summed E-state index contributed by atoms with van der Waals surface area (Å²) < 4.78 is 5.32. The Bertz CT molecular complexity index is 599. The summed E-state index contributed by atoms with van der Waals surface area (Å²) in [6, 6.07) is 6.56. The monoisotopic (exact) mass is 308 g/mol. The van der Waals surface area contributed by atoms with Gasteiger partial charge in [0.1, 0.15) is 17.1 Å². The lowest BCUT2D eigenvalue weighted by atomic mass is 9.76. The highest BCUT2D eigenvalue weighted by atomic mass is 35.5. The van der Waals surface area contributed by atoms with Crippen LogP contribution < -0.4 is 4.74 Å². The van der Waals surface area contributed by atoms with Crippen LogP contribution in [0.4, 0.5) is 0 Å². The molecule has 1 N–H and O–H groups in total. The smallest absolute Gasteiger partial charge is 0.207 e. The standard InChI is InChI=1S/C16H17ClO4/c1-16(2)7-12(18)15(13(19)8-16)14(20)9-21-11-5-3-10(17)4-6-11/h3-6,18H,7-9H2,1-2H3. The molecule has 1 aromatic carbocycles. The van der Waals surface area contributed by atoms with Crippen LogP contribution in [0.5, 0.6) is 5.75 Å². The molecular weight excluding hydrogens is 292 g/mol. The van der Waals surface area contributed by atoms with E-state index in [0.29, 0.717) is 17.2 Å². The molecule has 0 saturated heterocycles. The van der Waals surface area contributed by atoms with Gasteiger partial charge >= 0.3 is 0 Å². The zero-order valence-electron chi connectivity index (χ0n) is 12.0. The average molecular weight is 309 g/mol. The van der Waals surface area contributed by atoms with Crippen molar-refractivity contribution in [3.8, 4) is 5.75 Å². The molecule has 1 aromatic rings. The average Bonchev–Trinajstić information content (AvgIpc) is 2.35. The highest BCUT2D eigenvalue weighted by Crippen LogP contribution is 2.35. The van der Waals surface area contributed by atoms with Crippen LogP contribution in [0.15, 0.2) is 35.6 Å². The fourth-order valence-electron chi connectivity index (χ4n) is 2.36. The third-order valence-corrected chi connectivity index (χ3v) is 3.57. The molecule has 0 amide bonds. The molecule has 1 aliphatic carbocycles. The zero-order chi connectivity index (χ0) is 15.6. The zero-order valence-corrected chi connectivity index (χ0v) is 12.7. The van der Waals surface area contributed by atoms with Gasteiger partial charge in [0.15, 0.2) is 12.4 Å². The van der Waals surface area contributed by atoms with Gasteiger partial charge in [0.2, 0.25) is 5.78 Å². The fourth-order valence-corrected chi connectivity index (χ4v) is 2.48. The van der Waals surface area contributed by atoms with Gasteiger partial charge in [0.25, 0.3) is 0 Å². The Morgan fingerprint density at radius 1 is 1.29 bits per heavy atom. The summed E-state index contributed by atoms with van der Waals surface area (Å²) in [5, 5.41) is 10.5. The molecule has 0 radical (unpaired) electrons. The van der Waals surface area contributed by atoms with Crippen LogP contribution in [0.3, 0.4) is 0 Å². The number of aliphatic hydroxyl groups is 1. The van der Waals surface area contributed by atoms with Crippen LogP contribution in [-0.2, 0) is 9.59 Å². The summed E-state index contributed by atoms with van der Waals surface area (Å²) in [4.78, 5) is 24.1. The van der Waals surface area contributed by atoms with Crippen molar-refractivity contribution >= 4 is 23.2 Å². The van der Waals surface area contributed by atoms with Gasteiger partial charge in [-0.05, 0) is 29.7 Å². The van der Waals surface area contributed by atoms with Gasteiger partial charge in [-0.25, -0.2) is 0 Å². The van der Waals surface area contributed by atoms with Crippen molar-refractivity contribution in [2.24, 2.45) is 5.41 Å². The maximum Gasteiger partial charge on any atom is 0.207 e. The molecule has 1 aliphatic rings. The molecule has 21 heavy (non-hydrogen) atoms. The number of allylic oxidation sites excluding steroid dienone is 1. The molecule has 0 fully saturated rings. The van der Waals surface area contributed by atoms with Crippen molar-refractivity contribution in [1.82, 2.24) is 0 Å². The Kier molecular flexibility index (Phi) is 4.37. The predicted molar refractivity (Wildman–Crippen MR) is 79.6 cm³/mol. The van der Waals surface area contributed by atoms with Gasteiger partial charge in [-0.15, -0.1) is 0 Å². The third-order valence-electron chi connectivity index (χ3n) is 3.31. The van der Waals surface area contributed by atoms with E-state index < -0.39 is 5.78 Å². The number of carbonyl (C=O) groups excluding carboxylic acids is 2. The number of hydrogen-bond donors (Lipinski definition) is 1. The van der Waals surface area contributed by atoms with Gasteiger partial charge in [-0.3, -0.25) is 9.59 Å². The van der Waals surface area contributed by atoms with Gasteiger partial charge in [-0.1, -0.05) is 25.4 Å². The van der Waals surface area contributed by atoms with Crippen molar-refractivity contribution < 1.29 is 19.4 Å². The summed E-state index contributed by atoms with van der Waals surface area (Å²) in [6.45, 7) is 3.48. The summed E-state index contributed by atoms with van der Waals surface area (Å²) >= 11 is 5.75. The molecule has 0 unspecified atom stereocenters. The number of aliphatic hydroxyl groups excluding tert-OH is 1. The molecule has 2 rings (SSSR count). The molecule has 0 atom stereocenters. The Hall–Kier alpha value is -1.81. The first-order valence-corrected chi connectivity index (χ1v) is 7.03. The van der Waals surface area contributed by atoms with Gasteiger partial charge in [-0.2, -0.15) is 0 Å². The van der Waals surface area contributed by atoms with E-state index in [-0.39, 0.29) is 35.6 Å². The molecule has 0 aliphatic heterocycles. The number of benzene rings is 1. The molecule has 0 spiro atoms. The van der Waals surface area contributed by atoms with Crippen LogP contribution >= 0.6 is 11.6 Å². The first-order chi connectivity index (χ1) is 9.78. The molecule has 0 aromatic heterocycles. The minimum Gasteiger partial charge on any atom is -0.511 e. The predicted octanol–water partition coefficient (Wildman–Crippen LogP) is 3.49. The van der Waals surface area contributed by atoms with Crippen LogP contribution in [0.1, 0.15) is 26.7 Å². The van der Waals surface area contributed by atoms with E-state index in [0.717, 1.165) is 0 Å². The quantitative estimate of drug-likeness (QED) is 0.865. The molecule has 5 heteroatoms. The van der Waals surface area contributed by atoms with E-state index in [1.165, 1.54) is 0 Å². The fraction of sp³-hybridized carbons (Fsp3) is 0.375. The second kappa shape index (κ2) is 5.90. The number of ketones is 2. The lowest BCUT2D eigenvalue weighted by Crippen LogP contribution is -2.31. The maximum atomic E-state index is 12.1. The van der Waals surface area contributed by atoms with E-state index in [2.05, 4.69) is 0 Å². The Labute approximate surface area is 128 Å². The van der Waals surface area contributed by atoms with E-state index >= 15 is 0 Å². The number of Topliss-reactive ketones (excluding diaryl/α,β-unsaturated/α-hetero) is 2. The summed E-state index contributed by atoms with van der Waals surface area (Å²) in [7, 11) is 0. The van der Waals surface area contributed by atoms with Gasteiger partial charge < -0.3 is 9.84 Å². The van der Waals surface area contributed by atoms with Gasteiger partial charge in [0.05, 0.1) is 0 Å². The van der Waals surface area contributed by atoms with Crippen molar-refractivity contribution in [2.45, 2.75) is 26.7 Å². The maximum absolute atomic E-state index is 12.1. The Morgan fingerprint density at radius 3 is 2.48 bits per heavy atom. The number of hydrogen-bond acceptors (Lipinski definition) is 4. The van der Waals surface area contributed by atoms with Crippen molar-refractivity contribution in [3.63, 3.8) is 0 Å². The van der Waals surface area contributed by atoms with E-state index in [9.17, 15) is 14.7 Å². The minimum absolute atomic E-state index is 0.122. The summed E-state index contributed by atoms with van der Waals surface area (Å²) in [5.74, 6) is -0.478. The van der Waals surface area contributed by atoms with Crippen LogP contribution in [-0.4, -0.2) is 23.3 Å². The van der Waals surface area contributed by atoms with Gasteiger partial charge in [0, 0.05) is 17.9 Å². The number of ether oxygens (including phenoxy) is 1. The van der Waals surface area contributed by atoms with Crippen LogP contribution in [0, 0.1) is 5.41 Å². The highest BCUT2D eigenvalue weighted by molar-refractivity contribution is 6.30. The van der Waals surface area contributed by atoms with Crippen molar-refractivity contribution in [3.05, 3.63) is 40.6 Å². The normalized spacial score (nSPS) is 17.8. The lowest BCUT2D eigenvalue weighted by Gasteiger charge is -2.28. The van der Waals surface area contributed by atoms with E-state index in [1.807, 2.05) is 13.8 Å². The van der Waals surface area contributed by atoms with Crippen molar-refractivity contribution in [1.29, 1.82) is 0 Å². The number of halogens is 1. The highest BCUT2D eigenvalue weighted by Gasteiger charge is 2.36. The second-order valence-electron chi connectivity index (χ2n) is 5.93. The molecular formula is C16H17ClO4. The molecule has 4 nitrogen and oxygen atoms in total. The first-order valence-electron chi connectivity index (χ1n) is 6.65. The molecule has 0 bridgehead atoms. The van der Waals surface area contributed by atoms with Crippen LogP contribution in [0.25, 0.3) is 0 Å². The second-order valence-corrected chi connectivity index (χ2v) is 6.36. The SMILES string of the molecule is CC1(C)CC(=O)C(C(=O)COc2ccc(Cl)cc2)=C(O)C1. The van der Waals surface area contributed by atoms with E-state index in [4.69, 9.17) is 16.3 Å². The Balaban J connectivity index is 2.06. The summed E-state index contributed by atoms with van der Waals surface area (Å²) in [6.07, 6.45) is 0.569. The Morgan fingerprint density at radius 2 is 1.90 bits per heavy atom. The number of rotatable bonds is 4. The largest absolute Gasteiger partial charge is 0.511 e. The van der Waals surface area contributed by atoms with Crippen LogP contribution in [0.2, 0.25) is 5.02 Å². The van der Waals surface area contributed by atoms with Crippen molar-refractivity contribution in [2.75, 3.05) is 6.61 Å². The first kappa shape index (κ1) is 15.6. The molecule has 112 valence electrons.